The fourth-order valence-corrected chi connectivity index (χ4v) is 4.13. The number of hydrogen-bond donors (Lipinski definition) is 2. The number of nitrogens with zero attached hydrogens (tertiary/aromatic N) is 2. The van der Waals surface area contributed by atoms with Gasteiger partial charge in [-0.1, -0.05) is 20.8 Å². The molecule has 1 aromatic heterocycles. The quantitative estimate of drug-likeness (QED) is 0.690. The summed E-state index contributed by atoms with van der Waals surface area (Å²) in [5, 5.41) is 9.68. The van der Waals surface area contributed by atoms with Gasteiger partial charge in [0.05, 0.1) is 11.0 Å². The molecule has 0 saturated carbocycles. The van der Waals surface area contributed by atoms with E-state index >= 15 is 0 Å². The predicted octanol–water partition coefficient (Wildman–Crippen LogP) is 4.18. The summed E-state index contributed by atoms with van der Waals surface area (Å²) in [5.41, 5.74) is 0.991. The zero-order valence-electron chi connectivity index (χ0n) is 13.0. The van der Waals surface area contributed by atoms with Crippen molar-refractivity contribution >= 4 is 39.7 Å². The molecule has 1 fully saturated rings. The highest BCUT2D eigenvalue weighted by Gasteiger charge is 2.55. The monoisotopic (exact) mass is 413 g/mol. The van der Waals surface area contributed by atoms with Gasteiger partial charge in [0.2, 0.25) is 0 Å². The normalized spacial score (nSPS) is 22.5. The fourth-order valence-electron chi connectivity index (χ4n) is 3.64. The molecule has 0 aliphatic carbocycles. The van der Waals surface area contributed by atoms with Crippen LogP contribution in [-0.4, -0.2) is 32.6 Å². The Morgan fingerprint density at radius 2 is 2.18 bits per heavy atom. The van der Waals surface area contributed by atoms with Crippen LogP contribution < -0.4 is 0 Å². The van der Waals surface area contributed by atoms with Crippen LogP contribution in [0.2, 0.25) is 0 Å². The summed E-state index contributed by atoms with van der Waals surface area (Å²) in [5.74, 6) is 0.761. The average molecular weight is 413 g/mol. The standard InChI is InChI=1S/C16H20IN3O2/c1-15(2,3)16(7-4-8-20(16)14(21)22)13-18-11-6-5-10(17)9-12(11)19-13/h5-6,9H,4,7-8H2,1-3H3,(H,18,19)(H,21,22)/t16-/m0/s1. The molecule has 3 rings (SSSR count). The first-order valence-corrected chi connectivity index (χ1v) is 8.50. The molecule has 1 aliphatic rings. The molecule has 2 N–H and O–H groups in total. The first-order chi connectivity index (χ1) is 10.3. The maximum absolute atomic E-state index is 11.8. The third-order valence-corrected chi connectivity index (χ3v) is 5.36. The molecule has 1 aromatic carbocycles. The summed E-state index contributed by atoms with van der Waals surface area (Å²) < 4.78 is 1.13. The fraction of sp³-hybridized carbons (Fsp3) is 0.500. The Bertz CT molecular complexity index is 735. The molecule has 1 atom stereocenters. The Balaban J connectivity index is 2.23. The number of likely N-dealkylation sites (tertiary alicyclic amines) is 1. The number of carboxylic acid groups (broad SMARTS) is 1. The molecule has 1 amide bonds. The van der Waals surface area contributed by atoms with Crippen LogP contribution in [0.4, 0.5) is 4.79 Å². The minimum Gasteiger partial charge on any atom is -0.465 e. The van der Waals surface area contributed by atoms with Gasteiger partial charge in [0.1, 0.15) is 11.4 Å². The molecule has 118 valence electrons. The second-order valence-corrected chi connectivity index (χ2v) is 8.14. The maximum Gasteiger partial charge on any atom is 0.408 e. The van der Waals surface area contributed by atoms with E-state index in [1.165, 1.54) is 0 Å². The zero-order valence-corrected chi connectivity index (χ0v) is 15.1. The summed E-state index contributed by atoms with van der Waals surface area (Å²) in [4.78, 5) is 21.5. The Morgan fingerprint density at radius 1 is 1.45 bits per heavy atom. The molecule has 22 heavy (non-hydrogen) atoms. The third-order valence-electron chi connectivity index (χ3n) is 4.69. The maximum atomic E-state index is 11.8. The number of carbonyl (C=O) groups is 1. The molecule has 1 aliphatic heterocycles. The van der Waals surface area contributed by atoms with Crippen molar-refractivity contribution in [2.24, 2.45) is 5.41 Å². The molecule has 6 heteroatoms. The average Bonchev–Trinajstić information content (AvgIpc) is 3.00. The summed E-state index contributed by atoms with van der Waals surface area (Å²) in [6.07, 6.45) is 0.778. The van der Waals surface area contributed by atoms with Crippen LogP contribution >= 0.6 is 22.6 Å². The lowest BCUT2D eigenvalue weighted by Gasteiger charge is -2.45. The number of halogens is 1. The molecule has 0 unspecified atom stereocenters. The lowest BCUT2D eigenvalue weighted by Crippen LogP contribution is -2.53. The van der Waals surface area contributed by atoms with Crippen molar-refractivity contribution in [3.63, 3.8) is 0 Å². The van der Waals surface area contributed by atoms with Crippen LogP contribution in [0.3, 0.4) is 0 Å². The Hall–Kier alpha value is -1.31. The molecule has 5 nitrogen and oxygen atoms in total. The van der Waals surface area contributed by atoms with Crippen LogP contribution in [0.15, 0.2) is 18.2 Å². The number of aromatic amines is 1. The number of aromatic nitrogens is 2. The van der Waals surface area contributed by atoms with Crippen LogP contribution in [0.1, 0.15) is 39.4 Å². The van der Waals surface area contributed by atoms with E-state index < -0.39 is 11.6 Å². The Kier molecular flexibility index (Phi) is 3.62. The molecule has 0 spiro atoms. The van der Waals surface area contributed by atoms with E-state index in [9.17, 15) is 9.90 Å². The summed E-state index contributed by atoms with van der Waals surface area (Å²) in [6, 6.07) is 6.04. The van der Waals surface area contributed by atoms with E-state index in [0.29, 0.717) is 6.54 Å². The summed E-state index contributed by atoms with van der Waals surface area (Å²) >= 11 is 2.27. The number of imidazole rings is 1. The van der Waals surface area contributed by atoms with Crippen molar-refractivity contribution in [3.05, 3.63) is 27.6 Å². The largest absolute Gasteiger partial charge is 0.465 e. The Labute approximate surface area is 143 Å². The summed E-state index contributed by atoms with van der Waals surface area (Å²) in [6.45, 7) is 6.82. The van der Waals surface area contributed by atoms with Crippen molar-refractivity contribution in [2.75, 3.05) is 6.54 Å². The number of benzene rings is 1. The van der Waals surface area contributed by atoms with Crippen molar-refractivity contribution in [1.29, 1.82) is 0 Å². The van der Waals surface area contributed by atoms with E-state index in [1.807, 2.05) is 18.2 Å². The van der Waals surface area contributed by atoms with Gasteiger partial charge in [-0.25, -0.2) is 9.78 Å². The number of rotatable bonds is 1. The minimum atomic E-state index is -0.873. The van der Waals surface area contributed by atoms with Gasteiger partial charge in [0, 0.05) is 10.1 Å². The molecule has 0 radical (unpaired) electrons. The number of fused-ring (bicyclic) bond motifs is 1. The van der Waals surface area contributed by atoms with Gasteiger partial charge in [-0.05, 0) is 59.0 Å². The number of hydrogen-bond acceptors (Lipinski definition) is 2. The van der Waals surface area contributed by atoms with Crippen molar-refractivity contribution in [2.45, 2.75) is 39.2 Å². The van der Waals surface area contributed by atoms with Gasteiger partial charge in [0.15, 0.2) is 0 Å². The van der Waals surface area contributed by atoms with E-state index in [4.69, 9.17) is 4.98 Å². The first kappa shape index (κ1) is 15.6. The minimum absolute atomic E-state index is 0.247. The summed E-state index contributed by atoms with van der Waals surface area (Å²) in [7, 11) is 0. The van der Waals surface area contributed by atoms with Crippen molar-refractivity contribution in [1.82, 2.24) is 14.9 Å². The van der Waals surface area contributed by atoms with Crippen molar-refractivity contribution in [3.8, 4) is 0 Å². The SMILES string of the molecule is CC(C)(C)[C@@]1(c2nc3ccc(I)cc3[nH]2)CCCN1C(=O)O. The number of amides is 1. The highest BCUT2D eigenvalue weighted by molar-refractivity contribution is 14.1. The van der Waals surface area contributed by atoms with Crippen molar-refractivity contribution < 1.29 is 9.90 Å². The van der Waals surface area contributed by atoms with E-state index in [1.54, 1.807) is 4.90 Å². The Morgan fingerprint density at radius 3 is 2.82 bits per heavy atom. The third kappa shape index (κ3) is 2.19. The lowest BCUT2D eigenvalue weighted by molar-refractivity contribution is 0.0219. The van der Waals surface area contributed by atoms with Crippen LogP contribution in [0.5, 0.6) is 0 Å². The zero-order chi connectivity index (χ0) is 16.1. The van der Waals surface area contributed by atoms with Gasteiger partial charge in [-0.15, -0.1) is 0 Å². The molecular weight excluding hydrogens is 393 g/mol. The van der Waals surface area contributed by atoms with Gasteiger partial charge in [0.25, 0.3) is 0 Å². The van der Waals surface area contributed by atoms with Crippen LogP contribution in [0, 0.1) is 8.99 Å². The van der Waals surface area contributed by atoms with Gasteiger partial charge in [-0.2, -0.15) is 0 Å². The van der Waals surface area contributed by atoms with Gasteiger partial charge >= 0.3 is 6.09 Å². The second kappa shape index (κ2) is 5.11. The van der Waals surface area contributed by atoms with Crippen LogP contribution in [-0.2, 0) is 5.54 Å². The molecule has 2 aromatic rings. The van der Waals surface area contributed by atoms with E-state index in [2.05, 4.69) is 48.3 Å². The highest BCUT2D eigenvalue weighted by atomic mass is 127. The highest BCUT2D eigenvalue weighted by Crippen LogP contribution is 2.50. The van der Waals surface area contributed by atoms with Gasteiger partial charge in [-0.3, -0.25) is 4.90 Å². The second-order valence-electron chi connectivity index (χ2n) is 6.89. The lowest BCUT2D eigenvalue weighted by atomic mass is 9.71. The molecule has 1 saturated heterocycles. The van der Waals surface area contributed by atoms with E-state index in [-0.39, 0.29) is 5.41 Å². The topological polar surface area (TPSA) is 69.2 Å². The smallest absolute Gasteiger partial charge is 0.408 e. The molecular formula is C16H20IN3O2. The molecule has 2 heterocycles. The number of H-pyrrole nitrogens is 1. The van der Waals surface area contributed by atoms with Gasteiger partial charge < -0.3 is 10.1 Å². The first-order valence-electron chi connectivity index (χ1n) is 7.42. The number of nitrogens with one attached hydrogen (secondary N) is 1. The van der Waals surface area contributed by atoms with Crippen LogP contribution in [0.25, 0.3) is 11.0 Å². The predicted molar refractivity (Wildman–Crippen MR) is 93.9 cm³/mol. The van der Waals surface area contributed by atoms with E-state index in [0.717, 1.165) is 33.3 Å². The molecule has 0 bridgehead atoms.